The zero-order chi connectivity index (χ0) is 45.2. The molecule has 23 heteroatoms. The molecule has 0 spiro atoms. The Balaban J connectivity index is 2.07. The molecule has 0 aliphatic rings. The van der Waals surface area contributed by atoms with Gasteiger partial charge in [-0.15, -0.1) is 0 Å². The van der Waals surface area contributed by atoms with Gasteiger partial charge in [-0.1, -0.05) is 0 Å². The minimum absolute atomic E-state index is 0.621. The Kier molecular flexibility index (Phi) is 12.3. The molecular formula is C38H14F20N2Zr. The van der Waals surface area contributed by atoms with Crippen LogP contribution in [0, 0.1) is 116 Å². The summed E-state index contributed by atoms with van der Waals surface area (Å²) in [5.74, 6) is -63.7. The summed E-state index contributed by atoms with van der Waals surface area (Å²) in [4.78, 5) is 0. The van der Waals surface area contributed by atoms with Crippen molar-refractivity contribution in [1.29, 1.82) is 0 Å². The first-order valence-electron chi connectivity index (χ1n) is 16.4. The average Bonchev–Trinajstić information content (AvgIpc) is 3.25. The molecule has 0 saturated heterocycles. The van der Waals surface area contributed by atoms with Gasteiger partial charge in [-0.3, -0.25) is 0 Å². The number of halogens is 20. The van der Waals surface area contributed by atoms with Crippen LogP contribution in [0.15, 0.2) is 60.7 Å². The molecule has 0 aliphatic carbocycles. The monoisotopic (exact) mass is 968 g/mol. The molecule has 0 heterocycles. The number of benzene rings is 6. The van der Waals surface area contributed by atoms with Gasteiger partial charge < -0.3 is 0 Å². The van der Waals surface area contributed by atoms with E-state index in [1.54, 1.807) is 0 Å². The van der Waals surface area contributed by atoms with Crippen molar-refractivity contribution in [1.82, 2.24) is 0 Å². The van der Waals surface area contributed by atoms with Crippen molar-refractivity contribution in [2.45, 2.75) is 8.26 Å². The predicted octanol–water partition coefficient (Wildman–Crippen LogP) is 12.8. The van der Waals surface area contributed by atoms with Crippen molar-refractivity contribution in [3.05, 3.63) is 188 Å². The third-order valence-electron chi connectivity index (χ3n) is 9.13. The molecule has 0 aromatic heterocycles. The predicted molar refractivity (Wildman–Crippen MR) is 169 cm³/mol. The van der Waals surface area contributed by atoms with Crippen molar-refractivity contribution in [3.63, 3.8) is 0 Å². The van der Waals surface area contributed by atoms with Gasteiger partial charge in [-0.25, -0.2) is 0 Å². The molecule has 0 atom stereocenters. The van der Waals surface area contributed by atoms with Gasteiger partial charge in [-0.05, 0) is 0 Å². The van der Waals surface area contributed by atoms with Crippen molar-refractivity contribution in [2.24, 2.45) is 0 Å². The van der Waals surface area contributed by atoms with Gasteiger partial charge in [0.25, 0.3) is 0 Å². The molecule has 0 amide bonds. The van der Waals surface area contributed by atoms with Crippen LogP contribution in [0.5, 0.6) is 0 Å². The van der Waals surface area contributed by atoms with Crippen LogP contribution in [0.4, 0.5) is 111 Å². The third kappa shape index (κ3) is 7.16. The van der Waals surface area contributed by atoms with E-state index in [4.69, 9.17) is 0 Å². The maximum absolute atomic E-state index is 16.3. The molecule has 6 aromatic rings. The Labute approximate surface area is 332 Å². The Morgan fingerprint density at radius 1 is 0.246 bits per heavy atom. The summed E-state index contributed by atoms with van der Waals surface area (Å²) in [6.07, 6.45) is 0. The van der Waals surface area contributed by atoms with Crippen LogP contribution < -0.4 is 5.69 Å². The first-order chi connectivity index (χ1) is 28.6. The van der Waals surface area contributed by atoms with Gasteiger partial charge >= 0.3 is 333 Å². The Morgan fingerprint density at radius 2 is 0.410 bits per heavy atom. The van der Waals surface area contributed by atoms with E-state index in [9.17, 15) is 17.6 Å². The fourth-order valence-corrected chi connectivity index (χ4v) is 19.3. The second-order valence-electron chi connectivity index (χ2n) is 12.7. The van der Waals surface area contributed by atoms with Gasteiger partial charge in [0.2, 0.25) is 0 Å². The first kappa shape index (κ1) is 44.9. The van der Waals surface area contributed by atoms with Crippen LogP contribution in [0.2, 0.25) is 0 Å². The normalized spacial score (nSPS) is 11.7. The second-order valence-corrected chi connectivity index (χ2v) is 21.4. The summed E-state index contributed by atoms with van der Waals surface area (Å²) in [5, 5.41) is 0. The summed E-state index contributed by atoms with van der Waals surface area (Å²) in [5.41, 5.74) is -12.7. The molecule has 0 radical (unpaired) electrons. The van der Waals surface area contributed by atoms with Crippen LogP contribution in [-0.2, 0) is 29.1 Å². The van der Waals surface area contributed by atoms with E-state index in [-0.39, 0.29) is 0 Å². The first-order valence-corrected chi connectivity index (χ1v) is 22.0. The molecule has 6 aromatic carbocycles. The number of rotatable bonds is 10. The zero-order valence-electron chi connectivity index (χ0n) is 29.1. The van der Waals surface area contributed by atoms with E-state index in [0.717, 1.165) is 60.7 Å². The Hall–Kier alpha value is -5.60. The van der Waals surface area contributed by atoms with Gasteiger partial charge in [0.15, 0.2) is 0 Å². The van der Waals surface area contributed by atoms with Crippen LogP contribution in [0.1, 0.15) is 11.1 Å². The molecule has 0 bridgehead atoms. The second kappa shape index (κ2) is 16.7. The zero-order valence-corrected chi connectivity index (χ0v) is 31.6. The van der Waals surface area contributed by atoms with Crippen molar-refractivity contribution < 1.29 is 109 Å². The molecule has 320 valence electrons. The SMILES string of the molecule is Fc1c(F)c(F)c([N](c2c(F)c(F)c(F)c(F)c2F)[Zr]([CH2]c2ccccc2)([CH2]c2ccccc2)[N](c2c(F)c(F)c(F)c(F)c2F)c2c(F)c(F)c(F)c(F)c2F)c(F)c1F. The third-order valence-corrected chi connectivity index (χ3v) is 20.2. The maximum atomic E-state index is 16.3. The van der Waals surface area contributed by atoms with Gasteiger partial charge in [0.1, 0.15) is 0 Å². The molecule has 0 saturated carbocycles. The fourth-order valence-electron chi connectivity index (χ4n) is 6.54. The van der Waals surface area contributed by atoms with Crippen molar-refractivity contribution in [2.75, 3.05) is 5.69 Å². The fraction of sp³-hybridized carbons (Fsp3) is 0.0526. The van der Waals surface area contributed by atoms with E-state index < -0.39 is 185 Å². The molecule has 2 nitrogen and oxygen atoms in total. The van der Waals surface area contributed by atoms with Crippen LogP contribution >= 0.6 is 0 Å². The van der Waals surface area contributed by atoms with Gasteiger partial charge in [-0.2, -0.15) is 0 Å². The number of hydrogen-bond acceptors (Lipinski definition) is 2. The number of nitrogens with zero attached hydrogens (tertiary/aromatic N) is 2. The summed E-state index contributed by atoms with van der Waals surface area (Å²) < 4.78 is 306. The van der Waals surface area contributed by atoms with E-state index in [2.05, 4.69) is 0 Å². The van der Waals surface area contributed by atoms with Crippen LogP contribution in [0.25, 0.3) is 0 Å². The van der Waals surface area contributed by atoms with Crippen LogP contribution in [-0.4, -0.2) is 0 Å². The minimum atomic E-state index is -8.41. The van der Waals surface area contributed by atoms with E-state index in [1.165, 1.54) is 0 Å². The average molecular weight is 970 g/mol. The summed E-state index contributed by atoms with van der Waals surface area (Å²) >= 11 is -8.41. The summed E-state index contributed by atoms with van der Waals surface area (Å²) in [7, 11) is 0. The molecule has 6 rings (SSSR count). The standard InChI is InChI=1S/2C12F10N.2C7H7.Zr/c2*13-1-3(15)7(19)11(8(20)4(1)16)23-12-9(21)5(17)2(14)6(18)10(12)22;2*1-7-5-3-2-4-6-7;/h;;2*2-6H,1H2;/q2*-1;;;+2. The molecule has 0 aliphatic heterocycles. The Morgan fingerprint density at radius 3 is 0.590 bits per heavy atom. The molecule has 0 fully saturated rings. The van der Waals surface area contributed by atoms with Gasteiger partial charge in [0.05, 0.1) is 0 Å². The summed E-state index contributed by atoms with van der Waals surface area (Å²) in [6, 6.07) is 9.62. The molecule has 0 unspecified atom stereocenters. The van der Waals surface area contributed by atoms with E-state index in [1.807, 2.05) is 0 Å². The molecule has 61 heavy (non-hydrogen) atoms. The van der Waals surface area contributed by atoms with Crippen molar-refractivity contribution in [3.8, 4) is 0 Å². The topological polar surface area (TPSA) is 6.48 Å². The van der Waals surface area contributed by atoms with E-state index in [0.29, 0.717) is 0 Å². The summed E-state index contributed by atoms with van der Waals surface area (Å²) in [6.45, 7) is 0. The molecule has 0 N–H and O–H groups in total. The Bertz CT molecular complexity index is 2290. The van der Waals surface area contributed by atoms with Crippen LogP contribution in [0.3, 0.4) is 0 Å². The van der Waals surface area contributed by atoms with Gasteiger partial charge in [0, 0.05) is 0 Å². The number of hydrogen-bond donors (Lipinski definition) is 0. The van der Waals surface area contributed by atoms with Crippen molar-refractivity contribution >= 4 is 22.7 Å². The number of anilines is 4. The molecular weight excluding hydrogens is 956 g/mol. The van der Waals surface area contributed by atoms with E-state index >= 15 is 70.2 Å². The quantitative estimate of drug-likeness (QED) is 0.0767.